The fourth-order valence-corrected chi connectivity index (χ4v) is 13.1. The van der Waals surface area contributed by atoms with Crippen molar-refractivity contribution in [2.24, 2.45) is 0 Å². The van der Waals surface area contributed by atoms with Gasteiger partial charge in [-0.25, -0.2) is 0 Å². The molecule has 4 saturated heterocycles. The highest BCUT2D eigenvalue weighted by atomic mass is 16.8. The van der Waals surface area contributed by atoms with Crippen LogP contribution in [0.4, 0.5) is 0 Å². The first kappa shape index (κ1) is 85.5. The Labute approximate surface area is 565 Å². The lowest BCUT2D eigenvalue weighted by atomic mass is 9.96. The number of nitrogens with one attached hydrogen (secondary N) is 2. The smallest absolute Gasteiger partial charge is 0.249 e. The van der Waals surface area contributed by atoms with Crippen molar-refractivity contribution in [2.75, 3.05) is 26.4 Å². The van der Waals surface area contributed by atoms with Gasteiger partial charge in [0.05, 0.1) is 44.7 Å². The zero-order valence-corrected chi connectivity index (χ0v) is 57.8. The Kier molecular flexibility index (Phi) is 43.9. The molecule has 0 aromatic rings. The highest BCUT2D eigenvalue weighted by Crippen LogP contribution is 2.33. The van der Waals surface area contributed by atoms with Crippen LogP contribution in [0.5, 0.6) is 0 Å². The fraction of sp³-hybridized carbons (Fsp3) is 0.971. The standard InChI is InChI=1S/C69H130N2O24/c1-5-7-9-11-13-15-17-19-20-21-22-23-24-25-27-29-31-33-35-37-39-48(76)65(87)71-46(53(77)47(75)38-36-34-32-30-28-26-18-16-14-12-10-8-6-2)41-88-69-64(59(83)54(78)49(40-72)91-69)95-68-61(85)58(82)56(80)51(93-68)42-89-66-52(70-45(4)74)57(81)55(79)50(92-66)43-90-67-62(86)60(84)63(94-67)44(3)73/h44,46-64,66-69,72-73,75-86H,5-43H2,1-4H3,(H,70,74)(H,71,87)/t44-,46-,47+,48+,49+,50+,51+,52+,53-,54-,55-,56-,57+,58-,59-,60-,61+,62-,63+,64+,66+,67-,68+,69-/m0/s1. The van der Waals surface area contributed by atoms with Gasteiger partial charge < -0.3 is 120 Å². The molecule has 4 aliphatic heterocycles. The van der Waals surface area contributed by atoms with E-state index in [2.05, 4.69) is 24.5 Å². The second-order valence-corrected chi connectivity index (χ2v) is 27.5. The average molecular weight is 1370 g/mol. The van der Waals surface area contributed by atoms with Gasteiger partial charge in [-0.1, -0.05) is 226 Å². The van der Waals surface area contributed by atoms with Crippen molar-refractivity contribution in [1.29, 1.82) is 0 Å². The number of amides is 2. The molecule has 0 spiro atoms. The Bertz CT molecular complexity index is 1960. The SMILES string of the molecule is CCCCCCCCCCCCCCCCCCCCCC[C@@H](O)C(=O)N[C@@H](CO[C@H]1O[C@H](CO)[C@H](O)[C@H](O)[C@H]1O[C@H]1O[C@H](CO[C@@H]2O[C@H](CO[C@H]3O[C@H]([C@H](C)O)[C@@H](O)[C@@H]3O)[C@H](O)[C@H](O)[C@H]2NC(C)=O)[C@H](O)[C@H](O)[C@H]1O)[C@H](O)[C@H](O)CCCCCCCCCCCCCCC. The second-order valence-electron chi connectivity index (χ2n) is 27.5. The Hall–Kier alpha value is -1.94. The van der Waals surface area contributed by atoms with Crippen molar-refractivity contribution in [1.82, 2.24) is 10.6 Å². The summed E-state index contributed by atoms with van der Waals surface area (Å²) in [4.78, 5) is 26.0. The number of hydrogen-bond donors (Lipinski definition) is 16. The minimum Gasteiger partial charge on any atom is -0.394 e. The number of carbonyl (C=O) groups is 2. The van der Waals surface area contributed by atoms with E-state index < -0.39 is 185 Å². The lowest BCUT2D eigenvalue weighted by molar-refractivity contribution is -0.371. The summed E-state index contributed by atoms with van der Waals surface area (Å²) in [6, 6.07) is -2.92. The first-order valence-electron chi connectivity index (χ1n) is 36.8. The molecule has 0 aromatic carbocycles. The molecule has 0 bridgehead atoms. The third-order valence-corrected chi connectivity index (χ3v) is 19.2. The lowest BCUT2D eigenvalue weighted by Gasteiger charge is -2.47. The molecule has 4 heterocycles. The van der Waals surface area contributed by atoms with E-state index in [-0.39, 0.29) is 12.8 Å². The Balaban J connectivity index is 1.37. The summed E-state index contributed by atoms with van der Waals surface area (Å²) in [6.07, 6.45) is 1.61. The Morgan fingerprint density at radius 1 is 0.432 bits per heavy atom. The van der Waals surface area contributed by atoms with Crippen LogP contribution in [0.15, 0.2) is 0 Å². The molecule has 0 aromatic heterocycles. The maximum Gasteiger partial charge on any atom is 0.249 e. The van der Waals surface area contributed by atoms with Crippen molar-refractivity contribution >= 4 is 11.8 Å². The predicted octanol–water partition coefficient (Wildman–Crippen LogP) is 3.71. The van der Waals surface area contributed by atoms with Gasteiger partial charge >= 0.3 is 0 Å². The maximum absolute atomic E-state index is 13.7. The molecule has 24 atom stereocenters. The first-order chi connectivity index (χ1) is 45.7. The van der Waals surface area contributed by atoms with E-state index in [4.69, 9.17) is 37.9 Å². The number of aliphatic hydroxyl groups excluding tert-OH is 14. The third-order valence-electron chi connectivity index (χ3n) is 19.2. The molecule has 95 heavy (non-hydrogen) atoms. The summed E-state index contributed by atoms with van der Waals surface area (Å²) in [5.74, 6) is -1.53. The molecule has 26 nitrogen and oxygen atoms in total. The van der Waals surface area contributed by atoms with Crippen molar-refractivity contribution in [3.8, 4) is 0 Å². The molecule has 0 unspecified atom stereocenters. The highest BCUT2D eigenvalue weighted by Gasteiger charge is 2.53. The van der Waals surface area contributed by atoms with E-state index in [1.54, 1.807) is 0 Å². The minimum absolute atomic E-state index is 0.126. The van der Waals surface area contributed by atoms with Crippen LogP contribution in [-0.4, -0.2) is 257 Å². The monoisotopic (exact) mass is 1370 g/mol. The number of ether oxygens (including phenoxy) is 8. The molecule has 2 amide bonds. The van der Waals surface area contributed by atoms with Crippen LogP contribution >= 0.6 is 0 Å². The quantitative estimate of drug-likeness (QED) is 0.0386. The molecule has 560 valence electrons. The molecule has 4 fully saturated rings. The van der Waals surface area contributed by atoms with Gasteiger partial charge in [-0.2, -0.15) is 0 Å². The molecule has 16 N–H and O–H groups in total. The summed E-state index contributed by atoms with van der Waals surface area (Å²) in [5, 5.41) is 159. The number of unbranched alkanes of at least 4 members (excludes halogenated alkanes) is 31. The van der Waals surface area contributed by atoms with Crippen LogP contribution in [-0.2, 0) is 47.5 Å². The predicted molar refractivity (Wildman–Crippen MR) is 351 cm³/mol. The molecule has 4 rings (SSSR count). The number of carbonyl (C=O) groups excluding carboxylic acids is 2. The van der Waals surface area contributed by atoms with E-state index >= 15 is 0 Å². The largest absolute Gasteiger partial charge is 0.394 e. The summed E-state index contributed by atoms with van der Waals surface area (Å²) >= 11 is 0. The van der Waals surface area contributed by atoms with Gasteiger partial charge in [0.25, 0.3) is 0 Å². The minimum atomic E-state index is -2.09. The van der Waals surface area contributed by atoms with Crippen molar-refractivity contribution in [2.45, 2.75) is 400 Å². The third kappa shape index (κ3) is 30.7. The van der Waals surface area contributed by atoms with Gasteiger partial charge in [-0.15, -0.1) is 0 Å². The summed E-state index contributed by atoms with van der Waals surface area (Å²) in [7, 11) is 0. The van der Waals surface area contributed by atoms with Gasteiger partial charge in [0.2, 0.25) is 11.8 Å². The molecule has 4 aliphatic rings. The van der Waals surface area contributed by atoms with Gasteiger partial charge in [-0.3, -0.25) is 9.59 Å². The number of rotatable bonds is 53. The Morgan fingerprint density at radius 2 is 0.832 bits per heavy atom. The number of aliphatic hydroxyl groups is 14. The van der Waals surface area contributed by atoms with E-state index in [1.165, 1.54) is 148 Å². The number of hydrogen-bond acceptors (Lipinski definition) is 24. The van der Waals surface area contributed by atoms with Crippen LogP contribution in [0, 0.1) is 0 Å². The van der Waals surface area contributed by atoms with E-state index in [1.807, 2.05) is 0 Å². The van der Waals surface area contributed by atoms with E-state index in [0.29, 0.717) is 12.8 Å². The van der Waals surface area contributed by atoms with Crippen LogP contribution < -0.4 is 10.6 Å². The van der Waals surface area contributed by atoms with E-state index in [0.717, 1.165) is 64.7 Å². The first-order valence-corrected chi connectivity index (χ1v) is 36.8. The molecule has 26 heteroatoms. The summed E-state index contributed by atoms with van der Waals surface area (Å²) in [6.45, 7) is 4.00. The summed E-state index contributed by atoms with van der Waals surface area (Å²) in [5.41, 5.74) is 0. The molecule has 0 aliphatic carbocycles. The Morgan fingerprint density at radius 3 is 1.27 bits per heavy atom. The van der Waals surface area contributed by atoms with Crippen molar-refractivity contribution < 1.29 is 119 Å². The second kappa shape index (κ2) is 48.8. The summed E-state index contributed by atoms with van der Waals surface area (Å²) < 4.78 is 46.7. The van der Waals surface area contributed by atoms with Crippen LogP contribution in [0.2, 0.25) is 0 Å². The average Bonchev–Trinajstić information content (AvgIpc) is 1.35. The lowest BCUT2D eigenvalue weighted by Crippen LogP contribution is -2.66. The molecular formula is C69H130N2O24. The molecule has 0 radical (unpaired) electrons. The fourth-order valence-electron chi connectivity index (χ4n) is 13.1. The molecular weight excluding hydrogens is 1240 g/mol. The van der Waals surface area contributed by atoms with E-state index in [9.17, 15) is 81.1 Å². The highest BCUT2D eigenvalue weighted by molar-refractivity contribution is 5.80. The van der Waals surface area contributed by atoms with Gasteiger partial charge in [0.15, 0.2) is 25.2 Å². The normalized spacial score (nSPS) is 32.0. The van der Waals surface area contributed by atoms with Crippen molar-refractivity contribution in [3.63, 3.8) is 0 Å². The van der Waals surface area contributed by atoms with Gasteiger partial charge in [0.1, 0.15) is 104 Å². The zero-order chi connectivity index (χ0) is 69.7. The van der Waals surface area contributed by atoms with Crippen LogP contribution in [0.25, 0.3) is 0 Å². The topological polar surface area (TPSA) is 415 Å². The van der Waals surface area contributed by atoms with Crippen molar-refractivity contribution in [3.05, 3.63) is 0 Å². The molecule has 0 saturated carbocycles. The maximum atomic E-state index is 13.7. The van der Waals surface area contributed by atoms with Gasteiger partial charge in [0, 0.05) is 6.92 Å². The van der Waals surface area contributed by atoms with Crippen LogP contribution in [0.3, 0.4) is 0 Å². The van der Waals surface area contributed by atoms with Crippen LogP contribution in [0.1, 0.15) is 252 Å². The van der Waals surface area contributed by atoms with Gasteiger partial charge in [-0.05, 0) is 19.8 Å². The zero-order valence-electron chi connectivity index (χ0n) is 57.8.